The van der Waals surface area contributed by atoms with Gasteiger partial charge in [-0.3, -0.25) is 4.79 Å². The zero-order chi connectivity index (χ0) is 17.7. The highest BCUT2D eigenvalue weighted by Gasteiger charge is 2.23. The number of hydrogen-bond donors (Lipinski definition) is 1. The summed E-state index contributed by atoms with van der Waals surface area (Å²) >= 11 is 0. The largest absolute Gasteiger partial charge is 0.383 e. The lowest BCUT2D eigenvalue weighted by Crippen LogP contribution is -2.37. The third-order valence-corrected chi connectivity index (χ3v) is 5.75. The molecule has 0 unspecified atom stereocenters. The highest BCUT2D eigenvalue weighted by atomic mass is 32.2. The monoisotopic (exact) mass is 354 g/mol. The van der Waals surface area contributed by atoms with E-state index in [2.05, 4.69) is 4.72 Å². The summed E-state index contributed by atoms with van der Waals surface area (Å²) in [4.78, 5) is 14.6. The Morgan fingerprint density at radius 1 is 1.29 bits per heavy atom. The Kier molecular flexibility index (Phi) is 6.37. The molecule has 1 saturated heterocycles. The Bertz CT molecular complexity index is 682. The van der Waals surface area contributed by atoms with Crippen molar-refractivity contribution in [3.63, 3.8) is 0 Å². The van der Waals surface area contributed by atoms with Crippen molar-refractivity contribution < 1.29 is 17.9 Å². The number of carbonyl (C=O) groups excluding carboxylic acids is 1. The van der Waals surface area contributed by atoms with Gasteiger partial charge in [0.15, 0.2) is 0 Å². The molecule has 6 nitrogen and oxygen atoms in total. The smallest absolute Gasteiger partial charge is 0.254 e. The van der Waals surface area contributed by atoms with Gasteiger partial charge in [0, 0.05) is 31.8 Å². The fourth-order valence-corrected chi connectivity index (χ4v) is 4.14. The number of amides is 1. The number of nitrogens with one attached hydrogen (secondary N) is 1. The normalized spacial score (nSPS) is 16.9. The van der Waals surface area contributed by atoms with Gasteiger partial charge in [-0.2, -0.15) is 0 Å². The van der Waals surface area contributed by atoms with Crippen LogP contribution in [-0.4, -0.2) is 52.1 Å². The average Bonchev–Trinajstić information content (AvgIpc) is 2.55. The Morgan fingerprint density at radius 2 is 1.96 bits per heavy atom. The van der Waals surface area contributed by atoms with Crippen LogP contribution in [0.4, 0.5) is 0 Å². The molecule has 1 aromatic rings. The van der Waals surface area contributed by atoms with E-state index in [4.69, 9.17) is 4.74 Å². The van der Waals surface area contributed by atoms with E-state index >= 15 is 0 Å². The molecule has 0 aromatic heterocycles. The molecule has 0 bridgehead atoms. The summed E-state index contributed by atoms with van der Waals surface area (Å²) in [5.74, 6) is -0.0887. The van der Waals surface area contributed by atoms with Crippen LogP contribution in [0.3, 0.4) is 0 Å². The summed E-state index contributed by atoms with van der Waals surface area (Å²) in [6.07, 6.45) is 3.14. The Labute approximate surface area is 144 Å². The Hall–Kier alpha value is -1.44. The fourth-order valence-electron chi connectivity index (χ4n) is 2.88. The van der Waals surface area contributed by atoms with Gasteiger partial charge in [-0.25, -0.2) is 13.1 Å². The molecule has 1 N–H and O–H groups in total. The van der Waals surface area contributed by atoms with E-state index < -0.39 is 10.0 Å². The molecule has 2 rings (SSSR count). The van der Waals surface area contributed by atoms with Crippen molar-refractivity contribution in [2.45, 2.75) is 44.0 Å². The minimum Gasteiger partial charge on any atom is -0.383 e. The summed E-state index contributed by atoms with van der Waals surface area (Å²) in [6, 6.07) is 4.35. The van der Waals surface area contributed by atoms with Crippen LogP contribution >= 0.6 is 0 Å². The van der Waals surface area contributed by atoms with Crippen molar-refractivity contribution in [2.75, 3.05) is 26.8 Å². The predicted molar refractivity (Wildman–Crippen MR) is 92.6 cm³/mol. The lowest BCUT2D eigenvalue weighted by molar-refractivity contribution is 0.0723. The van der Waals surface area contributed by atoms with Gasteiger partial charge in [0.2, 0.25) is 10.0 Å². The van der Waals surface area contributed by atoms with Crippen LogP contribution in [-0.2, 0) is 14.8 Å². The third kappa shape index (κ3) is 4.55. The number of carbonyl (C=O) groups is 1. The third-order valence-electron chi connectivity index (χ3n) is 4.17. The van der Waals surface area contributed by atoms with E-state index in [0.717, 1.165) is 37.9 Å². The zero-order valence-electron chi connectivity index (χ0n) is 14.5. The van der Waals surface area contributed by atoms with Crippen LogP contribution in [0.5, 0.6) is 0 Å². The number of nitrogens with zero attached hydrogens (tertiary/aromatic N) is 1. The Morgan fingerprint density at radius 3 is 2.58 bits per heavy atom. The SMILES string of the molecule is COC[C@H](C)NS(=O)(=O)c1ccc(C)c(C(=O)N2CCCCC2)c1. The number of aryl methyl sites for hydroxylation is 1. The van der Waals surface area contributed by atoms with Gasteiger partial charge in [-0.05, 0) is 50.8 Å². The van der Waals surface area contributed by atoms with E-state index in [-0.39, 0.29) is 23.5 Å². The molecule has 0 spiro atoms. The highest BCUT2D eigenvalue weighted by Crippen LogP contribution is 2.20. The second kappa shape index (κ2) is 8.09. The van der Waals surface area contributed by atoms with Crippen LogP contribution in [0.15, 0.2) is 23.1 Å². The van der Waals surface area contributed by atoms with Gasteiger partial charge >= 0.3 is 0 Å². The van der Waals surface area contributed by atoms with Crippen molar-refractivity contribution in [2.24, 2.45) is 0 Å². The van der Waals surface area contributed by atoms with Crippen molar-refractivity contribution in [3.8, 4) is 0 Å². The van der Waals surface area contributed by atoms with E-state index in [0.29, 0.717) is 5.56 Å². The lowest BCUT2D eigenvalue weighted by Gasteiger charge is -2.27. The minimum absolute atomic E-state index is 0.0887. The van der Waals surface area contributed by atoms with Crippen molar-refractivity contribution in [3.05, 3.63) is 29.3 Å². The standard InChI is InChI=1S/C17H26N2O4S/c1-13-7-8-15(24(21,22)18-14(2)12-23-3)11-16(13)17(20)19-9-5-4-6-10-19/h7-8,11,14,18H,4-6,9-10,12H2,1-3H3/t14-/m0/s1. The quantitative estimate of drug-likeness (QED) is 0.847. The fraction of sp³-hybridized carbons (Fsp3) is 0.588. The van der Waals surface area contributed by atoms with Gasteiger partial charge in [-0.1, -0.05) is 6.07 Å². The van der Waals surface area contributed by atoms with Crippen LogP contribution in [0, 0.1) is 6.92 Å². The average molecular weight is 354 g/mol. The molecule has 1 aliphatic rings. The van der Waals surface area contributed by atoms with E-state index in [1.54, 1.807) is 13.0 Å². The molecule has 24 heavy (non-hydrogen) atoms. The molecule has 1 amide bonds. The molecule has 0 saturated carbocycles. The number of methoxy groups -OCH3 is 1. The molecule has 0 aliphatic carbocycles. The topological polar surface area (TPSA) is 75.7 Å². The Balaban J connectivity index is 2.25. The van der Waals surface area contributed by atoms with Gasteiger partial charge in [-0.15, -0.1) is 0 Å². The molecular weight excluding hydrogens is 328 g/mol. The van der Waals surface area contributed by atoms with E-state index in [1.165, 1.54) is 19.2 Å². The first-order chi connectivity index (χ1) is 11.3. The van der Waals surface area contributed by atoms with Gasteiger partial charge in [0.1, 0.15) is 0 Å². The van der Waals surface area contributed by atoms with Crippen molar-refractivity contribution in [1.82, 2.24) is 9.62 Å². The molecule has 1 heterocycles. The number of rotatable bonds is 6. The second-order valence-electron chi connectivity index (χ2n) is 6.31. The maximum atomic E-state index is 12.7. The number of hydrogen-bond acceptors (Lipinski definition) is 4. The van der Waals surface area contributed by atoms with Crippen molar-refractivity contribution >= 4 is 15.9 Å². The first-order valence-electron chi connectivity index (χ1n) is 8.26. The summed E-state index contributed by atoms with van der Waals surface area (Å²) in [6.45, 7) is 5.31. The first-order valence-corrected chi connectivity index (χ1v) is 9.74. The minimum atomic E-state index is -3.69. The number of likely N-dealkylation sites (tertiary alicyclic amines) is 1. The van der Waals surface area contributed by atoms with E-state index in [9.17, 15) is 13.2 Å². The number of ether oxygens (including phenoxy) is 1. The van der Waals surface area contributed by atoms with E-state index in [1.807, 2.05) is 11.8 Å². The second-order valence-corrected chi connectivity index (χ2v) is 8.02. The first kappa shape index (κ1) is 18.9. The summed E-state index contributed by atoms with van der Waals surface area (Å²) in [5.41, 5.74) is 1.24. The molecular formula is C17H26N2O4S. The molecule has 7 heteroatoms. The van der Waals surface area contributed by atoms with Crippen molar-refractivity contribution in [1.29, 1.82) is 0 Å². The maximum absolute atomic E-state index is 12.7. The molecule has 134 valence electrons. The van der Waals surface area contributed by atoms with Crippen LogP contribution < -0.4 is 4.72 Å². The summed E-state index contributed by atoms with van der Waals surface area (Å²) in [5, 5.41) is 0. The zero-order valence-corrected chi connectivity index (χ0v) is 15.4. The number of piperidine rings is 1. The summed E-state index contributed by atoms with van der Waals surface area (Å²) in [7, 11) is -2.17. The lowest BCUT2D eigenvalue weighted by atomic mass is 10.1. The molecule has 1 fully saturated rings. The number of benzene rings is 1. The molecule has 1 aromatic carbocycles. The predicted octanol–water partition coefficient (Wildman–Crippen LogP) is 1.93. The van der Waals surface area contributed by atoms with Crippen LogP contribution in [0.1, 0.15) is 42.1 Å². The molecule has 1 aliphatic heterocycles. The number of sulfonamides is 1. The maximum Gasteiger partial charge on any atom is 0.254 e. The molecule has 1 atom stereocenters. The van der Waals surface area contributed by atoms with Crippen LogP contribution in [0.2, 0.25) is 0 Å². The van der Waals surface area contributed by atoms with Gasteiger partial charge in [0.25, 0.3) is 5.91 Å². The summed E-state index contributed by atoms with van der Waals surface area (Å²) < 4.78 is 32.5. The molecule has 0 radical (unpaired) electrons. The highest BCUT2D eigenvalue weighted by molar-refractivity contribution is 7.89. The van der Waals surface area contributed by atoms with Gasteiger partial charge < -0.3 is 9.64 Å². The van der Waals surface area contributed by atoms with Gasteiger partial charge in [0.05, 0.1) is 11.5 Å². The van der Waals surface area contributed by atoms with Crippen LogP contribution in [0.25, 0.3) is 0 Å².